The van der Waals surface area contributed by atoms with Gasteiger partial charge in [-0.25, -0.2) is 29.3 Å². The van der Waals surface area contributed by atoms with Crippen LogP contribution in [0.25, 0.3) is 22.3 Å². The number of likely N-dealkylation sites (tertiary alicyclic amines) is 3. The number of Topliss-reactive ketones (excluding diaryl/α,β-unsaturated/α-hetero) is 1. The van der Waals surface area contributed by atoms with Gasteiger partial charge in [0, 0.05) is 72.4 Å². The Morgan fingerprint density at radius 3 is 1.27 bits per heavy atom. The van der Waals surface area contributed by atoms with Crippen LogP contribution in [0.15, 0.2) is 144 Å². The fraction of sp³-hybridized carbons (Fsp3) is 0.435. The van der Waals surface area contributed by atoms with Gasteiger partial charge in [0.15, 0.2) is 5.78 Å². The number of amides is 5. The van der Waals surface area contributed by atoms with Gasteiger partial charge in [-0.2, -0.15) is 0 Å². The maximum atomic E-state index is 13.5. The first-order valence-corrected chi connectivity index (χ1v) is 41.2. The first-order chi connectivity index (χ1) is 56.1. The number of aromatic nitrogens is 3. The molecule has 5 amide bonds. The summed E-state index contributed by atoms with van der Waals surface area (Å²) in [6.07, 6.45) is 8.30. The summed E-state index contributed by atoms with van der Waals surface area (Å²) in [4.78, 5) is 107. The standard InChI is InChI=1S/C34H43N5O3.C32H38N4O6.C25H33BrN4O4.CH4/c1-4-25-15-24(6-5-22(25)2)21-42-32-20-36-19-30(32)38-34(41)29-17-28(18-37-33(29)35)26-7-9-27(10-8-26)31(40)16-23-11-13-39(3)14-12-23;1-6-21-13-20(8-7-19(21)2)18-41-27-17-36(31(40)42-32(3,4)5)16-26(27)35-29(37)25-14-24(15-34-28(25)33)22-9-11-23(12-10-22)30(38)39;1-6-17-9-16(8-7-15(17)2)14-33-21-13-30(24(32)34-25(3,4)5)12-20(21)29-23(31)19-10-18(26)11-28-22(19)27;/h5-10,15,17-18,23,30,32,36H,4,11-14,16,19-21H2,1-3H3,(H2,35,37)(H,38,41);7-15,26-27H,6,16-18H2,1-5H3,(H2,33,34)(H,35,37)(H,38,39);7-11,20-21H,6,12-14H2,1-5H3,(H2,27,28)(H,29,31);1H4/t30-,32-;26-,27-;20-,21-;/m000./s1. The third-order valence-electron chi connectivity index (χ3n) is 21.5. The van der Waals surface area contributed by atoms with Gasteiger partial charge in [-0.1, -0.05) is 119 Å². The Hall–Kier alpha value is -10.7. The Balaban J connectivity index is 0.000000204. The lowest BCUT2D eigenvalue weighted by atomic mass is 9.89. The van der Waals surface area contributed by atoms with Gasteiger partial charge in [0.1, 0.15) is 28.7 Å². The number of nitrogens with zero attached hydrogens (tertiary/aromatic N) is 6. The molecule has 4 fully saturated rings. The number of anilines is 3. The van der Waals surface area contributed by atoms with E-state index in [1.165, 1.54) is 62.8 Å². The molecule has 12 rings (SSSR count). The highest BCUT2D eigenvalue weighted by Crippen LogP contribution is 2.31. The number of carboxylic acid groups (broad SMARTS) is 1. The number of piperidine rings is 1. The van der Waals surface area contributed by atoms with E-state index in [4.69, 9.17) is 40.9 Å². The van der Waals surface area contributed by atoms with E-state index in [9.17, 15) is 38.7 Å². The van der Waals surface area contributed by atoms with Crippen LogP contribution >= 0.6 is 15.9 Å². The third kappa shape index (κ3) is 25.9. The maximum Gasteiger partial charge on any atom is 0.410 e. The lowest BCUT2D eigenvalue weighted by Crippen LogP contribution is -2.44. The summed E-state index contributed by atoms with van der Waals surface area (Å²) in [6, 6.07) is 36.5. The molecule has 0 saturated carbocycles. The molecule has 636 valence electrons. The molecule has 0 aliphatic carbocycles. The number of ketones is 1. The molecule has 11 N–H and O–H groups in total. The molecule has 0 unspecified atom stereocenters. The molecule has 0 radical (unpaired) electrons. The van der Waals surface area contributed by atoms with Crippen molar-refractivity contribution in [3.05, 3.63) is 222 Å². The minimum Gasteiger partial charge on any atom is -0.478 e. The number of nitrogens with one attached hydrogen (secondary N) is 4. The first kappa shape index (κ1) is 92.2. The summed E-state index contributed by atoms with van der Waals surface area (Å²) in [5, 5.41) is 21.6. The molecule has 5 aromatic carbocycles. The van der Waals surface area contributed by atoms with E-state index in [1.54, 1.807) is 62.2 Å². The fourth-order valence-corrected chi connectivity index (χ4v) is 14.9. The van der Waals surface area contributed by atoms with Crippen LogP contribution in [0, 0.1) is 26.7 Å². The van der Waals surface area contributed by atoms with Gasteiger partial charge in [-0.05, 0) is 228 Å². The van der Waals surface area contributed by atoms with Crippen LogP contribution in [-0.2, 0) is 62.8 Å². The topological polar surface area (TPSA) is 360 Å². The summed E-state index contributed by atoms with van der Waals surface area (Å²) in [7, 11) is 2.13. The zero-order chi connectivity index (χ0) is 85.3. The number of benzene rings is 5. The Morgan fingerprint density at radius 2 is 0.874 bits per heavy atom. The smallest absolute Gasteiger partial charge is 0.410 e. The van der Waals surface area contributed by atoms with Crippen LogP contribution in [0.4, 0.5) is 27.0 Å². The maximum absolute atomic E-state index is 13.5. The molecule has 7 heterocycles. The summed E-state index contributed by atoms with van der Waals surface area (Å²) >= 11 is 3.32. The van der Waals surface area contributed by atoms with E-state index in [-0.39, 0.29) is 90.9 Å². The van der Waals surface area contributed by atoms with Crippen molar-refractivity contribution in [3.63, 3.8) is 0 Å². The lowest BCUT2D eigenvalue weighted by Gasteiger charge is -2.28. The van der Waals surface area contributed by atoms with Crippen LogP contribution < -0.4 is 38.5 Å². The van der Waals surface area contributed by atoms with Gasteiger partial charge in [-0.15, -0.1) is 0 Å². The van der Waals surface area contributed by atoms with E-state index < -0.39 is 59.6 Å². The van der Waals surface area contributed by atoms with Crippen molar-refractivity contribution in [2.24, 2.45) is 5.92 Å². The molecule has 4 saturated heterocycles. The van der Waals surface area contributed by atoms with Crippen molar-refractivity contribution in [3.8, 4) is 22.3 Å². The molecule has 0 spiro atoms. The van der Waals surface area contributed by atoms with Gasteiger partial charge in [-0.3, -0.25) is 19.2 Å². The highest BCUT2D eigenvalue weighted by Gasteiger charge is 2.42. The third-order valence-corrected chi connectivity index (χ3v) is 21.9. The number of aromatic carboxylic acids is 1. The van der Waals surface area contributed by atoms with Crippen LogP contribution in [0.3, 0.4) is 0 Å². The Bertz CT molecular complexity index is 4870. The normalized spacial score (nSPS) is 18.0. The number of hydrogen-bond donors (Lipinski definition) is 8. The molecule has 3 aromatic heterocycles. The number of hydrogen-bond acceptors (Lipinski definition) is 20. The summed E-state index contributed by atoms with van der Waals surface area (Å²) in [5.74, 6) is -1.16. The van der Waals surface area contributed by atoms with Crippen LogP contribution in [0.2, 0.25) is 0 Å². The number of aryl methyl sites for hydroxylation is 6. The number of carbonyl (C=O) groups is 7. The van der Waals surface area contributed by atoms with Gasteiger partial charge < -0.3 is 82.0 Å². The predicted molar refractivity (Wildman–Crippen MR) is 467 cm³/mol. The first-order valence-electron chi connectivity index (χ1n) is 40.4. The number of pyridine rings is 3. The van der Waals surface area contributed by atoms with Crippen molar-refractivity contribution in [2.45, 2.75) is 196 Å². The quantitative estimate of drug-likeness (QED) is 0.0260. The largest absolute Gasteiger partial charge is 0.478 e. The van der Waals surface area contributed by atoms with Crippen molar-refractivity contribution in [1.82, 2.24) is 50.9 Å². The van der Waals surface area contributed by atoms with E-state index in [1.807, 2.05) is 57.2 Å². The average Bonchev–Trinajstić information content (AvgIpc) is 1.69. The second-order valence-electron chi connectivity index (χ2n) is 32.8. The van der Waals surface area contributed by atoms with Gasteiger partial charge >= 0.3 is 18.2 Å². The van der Waals surface area contributed by atoms with E-state index in [2.05, 4.69) is 148 Å². The monoisotopic (exact) mass is 1690 g/mol. The highest BCUT2D eigenvalue weighted by atomic mass is 79.9. The Morgan fingerprint density at radius 1 is 0.496 bits per heavy atom. The van der Waals surface area contributed by atoms with Gasteiger partial charge in [0.05, 0.1) is 91.6 Å². The molecule has 4 aliphatic heterocycles. The second kappa shape index (κ2) is 41.8. The summed E-state index contributed by atoms with van der Waals surface area (Å²) in [6.45, 7) is 29.1. The molecular formula is C92H118BrN13O13. The fourth-order valence-electron chi connectivity index (χ4n) is 14.6. The predicted octanol–water partition coefficient (Wildman–Crippen LogP) is 14.1. The number of nitrogens with two attached hydrogens (primary N) is 3. The minimum atomic E-state index is -1.03. The van der Waals surface area contributed by atoms with Gasteiger partial charge in [0.25, 0.3) is 17.7 Å². The molecular weight excluding hydrogens is 1570 g/mol. The number of nitrogen functional groups attached to an aromatic ring is 3. The van der Waals surface area contributed by atoms with Crippen molar-refractivity contribution >= 4 is 75.0 Å². The molecule has 26 nitrogen and oxygen atoms in total. The Kier molecular flexibility index (Phi) is 32.4. The number of carboxylic acids is 1. The van der Waals surface area contributed by atoms with Crippen molar-refractivity contribution < 1.29 is 62.4 Å². The zero-order valence-electron chi connectivity index (χ0n) is 70.0. The van der Waals surface area contributed by atoms with Crippen molar-refractivity contribution in [2.75, 3.05) is 76.6 Å². The van der Waals surface area contributed by atoms with Crippen molar-refractivity contribution in [1.29, 1.82) is 0 Å². The average molecular weight is 1690 g/mol. The Labute approximate surface area is 707 Å². The number of rotatable bonds is 24. The summed E-state index contributed by atoms with van der Waals surface area (Å²) < 4.78 is 30.5. The zero-order valence-corrected chi connectivity index (χ0v) is 71.6. The number of ether oxygens (including phenoxy) is 5. The van der Waals surface area contributed by atoms with Crippen LogP contribution in [-0.4, -0.2) is 183 Å². The molecule has 4 aliphatic rings. The highest BCUT2D eigenvalue weighted by molar-refractivity contribution is 9.10. The number of carbonyl (C=O) groups excluding carboxylic acids is 6. The van der Waals surface area contributed by atoms with E-state index in [0.717, 1.165) is 78.6 Å². The lowest BCUT2D eigenvalue weighted by molar-refractivity contribution is 0.0153. The molecule has 8 aromatic rings. The SMILES string of the molecule is C.CCc1cc(CO[C@H]2CN(C(=O)OC(C)(C)C)C[C@@H]2NC(=O)c2cc(-c3ccc(C(=O)O)cc3)cnc2N)ccc1C.CCc1cc(CO[C@H]2CN(C(=O)OC(C)(C)C)C[C@@H]2NC(=O)c2cc(Br)cnc2N)ccc1C.CCc1cc(CO[C@H]2CNC[C@@H]2NC(=O)c2cc(-c3ccc(C(=O)CC4CCN(C)CC4)cc3)cnc2N)ccc1C. The molecule has 6 atom stereocenters. The second-order valence-corrected chi connectivity index (χ2v) is 33.7. The molecule has 27 heteroatoms. The molecule has 119 heavy (non-hydrogen) atoms. The number of halogens is 1. The summed E-state index contributed by atoms with van der Waals surface area (Å²) in [5.41, 5.74) is 32.2. The molecule has 0 bridgehead atoms. The van der Waals surface area contributed by atoms with Crippen LogP contribution in [0.1, 0.15) is 191 Å². The minimum absolute atomic E-state index is 0. The van der Waals surface area contributed by atoms with E-state index in [0.29, 0.717) is 73.0 Å². The van der Waals surface area contributed by atoms with E-state index >= 15 is 0 Å². The van der Waals surface area contributed by atoms with Gasteiger partial charge in [0.2, 0.25) is 0 Å². The van der Waals surface area contributed by atoms with Crippen LogP contribution in [0.5, 0.6) is 0 Å².